The summed E-state index contributed by atoms with van der Waals surface area (Å²) in [6.07, 6.45) is -3.02. The van der Waals surface area contributed by atoms with Crippen molar-refractivity contribution in [3.05, 3.63) is 53.7 Å². The van der Waals surface area contributed by atoms with Crippen LogP contribution >= 0.6 is 12.4 Å². The maximum absolute atomic E-state index is 13.0. The summed E-state index contributed by atoms with van der Waals surface area (Å²) in [5.41, 5.74) is -0.508. The van der Waals surface area contributed by atoms with Gasteiger partial charge in [0.1, 0.15) is 5.82 Å². The van der Waals surface area contributed by atoms with Gasteiger partial charge in [-0.1, -0.05) is 0 Å². The van der Waals surface area contributed by atoms with Crippen LogP contribution in [0.4, 0.5) is 19.0 Å². The normalized spacial score (nSPS) is 19.8. The van der Waals surface area contributed by atoms with Crippen LogP contribution < -0.4 is 4.90 Å². The lowest BCUT2D eigenvalue weighted by molar-refractivity contribution is -0.137. The second-order valence-electron chi connectivity index (χ2n) is 8.24. The van der Waals surface area contributed by atoms with Crippen LogP contribution in [0.15, 0.2) is 47.5 Å². The number of carbonyl (C=O) groups excluding carboxylic acids is 1. The monoisotopic (exact) mass is 534 g/mol. The van der Waals surface area contributed by atoms with Crippen molar-refractivity contribution < 1.29 is 31.1 Å². The van der Waals surface area contributed by atoms with Gasteiger partial charge < -0.3 is 14.5 Å². The minimum Gasteiger partial charge on any atom is -0.378 e. The molecule has 35 heavy (non-hydrogen) atoms. The van der Waals surface area contributed by atoms with Gasteiger partial charge in [-0.05, 0) is 43.3 Å². The zero-order valence-electron chi connectivity index (χ0n) is 18.9. The van der Waals surface area contributed by atoms with Crippen molar-refractivity contribution in [1.29, 1.82) is 0 Å². The van der Waals surface area contributed by atoms with Gasteiger partial charge in [-0.25, -0.2) is 13.4 Å². The SMILES string of the molecule is C[C@H]1CN(S(=O)(=O)c2ccc(C(F)(F)F)cc2)CCN1C(=O)c1ccc(N2CCOCC2)nc1.Cl. The van der Waals surface area contributed by atoms with Crippen LogP contribution in [0.25, 0.3) is 0 Å². The molecule has 13 heteroatoms. The van der Waals surface area contributed by atoms with Crippen LogP contribution in [0.2, 0.25) is 0 Å². The zero-order chi connectivity index (χ0) is 24.5. The van der Waals surface area contributed by atoms with E-state index in [0.717, 1.165) is 43.2 Å². The smallest absolute Gasteiger partial charge is 0.378 e. The molecule has 2 aliphatic rings. The fraction of sp³-hybridized carbons (Fsp3) is 0.455. The number of halogens is 4. The minimum atomic E-state index is -4.54. The molecule has 0 radical (unpaired) electrons. The second-order valence-corrected chi connectivity index (χ2v) is 10.2. The van der Waals surface area contributed by atoms with Crippen molar-refractivity contribution in [2.24, 2.45) is 0 Å². The first-order valence-corrected chi connectivity index (χ1v) is 12.3. The molecule has 0 saturated carbocycles. The van der Waals surface area contributed by atoms with Gasteiger partial charge in [0.05, 0.1) is 29.2 Å². The summed E-state index contributed by atoms with van der Waals surface area (Å²) >= 11 is 0. The van der Waals surface area contributed by atoms with Crippen LogP contribution in [0.1, 0.15) is 22.8 Å². The lowest BCUT2D eigenvalue weighted by Gasteiger charge is -2.39. The molecule has 4 rings (SSSR count). The average Bonchev–Trinajstić information content (AvgIpc) is 2.84. The summed E-state index contributed by atoms with van der Waals surface area (Å²) in [4.78, 5) is 20.9. The quantitative estimate of drug-likeness (QED) is 0.600. The molecular formula is C22H26ClF3N4O4S. The molecule has 2 aromatic rings. The number of hydrogen-bond donors (Lipinski definition) is 0. The molecule has 0 spiro atoms. The molecule has 192 valence electrons. The van der Waals surface area contributed by atoms with Crippen LogP contribution in [0.5, 0.6) is 0 Å². The molecule has 2 aliphatic heterocycles. The van der Waals surface area contributed by atoms with E-state index in [9.17, 15) is 26.4 Å². The number of rotatable bonds is 4. The summed E-state index contributed by atoms with van der Waals surface area (Å²) in [6.45, 7) is 4.68. The van der Waals surface area contributed by atoms with Gasteiger partial charge in [-0.15, -0.1) is 12.4 Å². The number of morpholine rings is 1. The van der Waals surface area contributed by atoms with Gasteiger partial charge in [0.25, 0.3) is 5.91 Å². The molecule has 1 aromatic carbocycles. The molecule has 0 N–H and O–H groups in total. The lowest BCUT2D eigenvalue weighted by Crippen LogP contribution is -2.55. The number of benzene rings is 1. The summed E-state index contributed by atoms with van der Waals surface area (Å²) < 4.78 is 70.8. The topological polar surface area (TPSA) is 83.1 Å². The molecular weight excluding hydrogens is 509 g/mol. The number of piperazine rings is 1. The molecule has 0 bridgehead atoms. The third-order valence-electron chi connectivity index (χ3n) is 6.00. The Labute approximate surface area is 208 Å². The Hall–Kier alpha value is -2.41. The Morgan fingerprint density at radius 3 is 2.23 bits per heavy atom. The van der Waals surface area contributed by atoms with Gasteiger partial charge in [0, 0.05) is 45.0 Å². The predicted octanol–water partition coefficient (Wildman–Crippen LogP) is 2.89. The minimum absolute atomic E-state index is 0. The number of hydrogen-bond acceptors (Lipinski definition) is 6. The van der Waals surface area contributed by atoms with Gasteiger partial charge >= 0.3 is 6.18 Å². The largest absolute Gasteiger partial charge is 0.416 e. The Morgan fingerprint density at radius 1 is 1.03 bits per heavy atom. The number of alkyl halides is 3. The van der Waals surface area contributed by atoms with E-state index < -0.39 is 27.8 Å². The zero-order valence-corrected chi connectivity index (χ0v) is 20.6. The Kier molecular flexibility index (Phi) is 8.30. The third-order valence-corrected chi connectivity index (χ3v) is 7.88. The van der Waals surface area contributed by atoms with Crippen LogP contribution in [0, 0.1) is 0 Å². The Morgan fingerprint density at radius 2 is 1.69 bits per heavy atom. The van der Waals surface area contributed by atoms with E-state index in [-0.39, 0.29) is 42.8 Å². The molecule has 0 aliphatic carbocycles. The van der Waals surface area contributed by atoms with Crippen molar-refractivity contribution in [1.82, 2.24) is 14.2 Å². The van der Waals surface area contributed by atoms with E-state index in [1.54, 1.807) is 24.0 Å². The Bertz CT molecular complexity index is 1120. The van der Waals surface area contributed by atoms with Gasteiger partial charge in [-0.3, -0.25) is 4.79 Å². The van der Waals surface area contributed by atoms with Crippen molar-refractivity contribution in [3.8, 4) is 0 Å². The Balaban J connectivity index is 0.00000342. The van der Waals surface area contributed by atoms with E-state index in [2.05, 4.69) is 9.88 Å². The standard InChI is InChI=1S/C22H25F3N4O4S.ClH/c1-16-15-28(34(31,32)19-5-3-18(4-6-19)22(23,24)25)8-9-29(16)21(30)17-2-7-20(26-14-17)27-10-12-33-13-11-27;/h2-7,14,16H,8-13,15H2,1H3;1H/t16-;/m0./s1. The van der Waals surface area contributed by atoms with Crippen LogP contribution in [-0.4, -0.2) is 80.5 Å². The number of aromatic nitrogens is 1. The van der Waals surface area contributed by atoms with Crippen LogP contribution in [0.3, 0.4) is 0 Å². The summed E-state index contributed by atoms with van der Waals surface area (Å²) in [6, 6.07) is 6.49. The third kappa shape index (κ3) is 5.88. The van der Waals surface area contributed by atoms with E-state index >= 15 is 0 Å². The number of amides is 1. The first-order chi connectivity index (χ1) is 16.1. The van der Waals surface area contributed by atoms with Gasteiger partial charge in [0.2, 0.25) is 10.0 Å². The molecule has 2 fully saturated rings. The second kappa shape index (κ2) is 10.7. The lowest BCUT2D eigenvalue weighted by atomic mass is 10.1. The molecule has 1 amide bonds. The molecule has 0 unspecified atom stereocenters. The van der Waals surface area contributed by atoms with Crippen molar-refractivity contribution in [2.75, 3.05) is 50.8 Å². The molecule has 2 saturated heterocycles. The van der Waals surface area contributed by atoms with E-state index in [1.807, 2.05) is 0 Å². The summed E-state index contributed by atoms with van der Waals surface area (Å²) in [5.74, 6) is 0.514. The molecule has 8 nitrogen and oxygen atoms in total. The molecule has 3 heterocycles. The first-order valence-electron chi connectivity index (χ1n) is 10.8. The highest BCUT2D eigenvalue weighted by molar-refractivity contribution is 7.89. The summed E-state index contributed by atoms with van der Waals surface area (Å²) in [5, 5.41) is 0. The van der Waals surface area contributed by atoms with Gasteiger partial charge in [0.15, 0.2) is 0 Å². The van der Waals surface area contributed by atoms with Gasteiger partial charge in [-0.2, -0.15) is 17.5 Å². The fourth-order valence-electron chi connectivity index (χ4n) is 4.07. The summed E-state index contributed by atoms with van der Waals surface area (Å²) in [7, 11) is -3.99. The van der Waals surface area contributed by atoms with E-state index in [0.29, 0.717) is 18.8 Å². The number of carbonyl (C=O) groups is 1. The molecule has 1 atom stereocenters. The first kappa shape index (κ1) is 27.2. The number of ether oxygens (including phenoxy) is 1. The van der Waals surface area contributed by atoms with Crippen molar-refractivity contribution >= 4 is 34.2 Å². The number of anilines is 1. The number of nitrogens with zero attached hydrogens (tertiary/aromatic N) is 4. The average molecular weight is 535 g/mol. The maximum atomic E-state index is 13.0. The van der Waals surface area contributed by atoms with E-state index in [1.165, 1.54) is 10.5 Å². The highest BCUT2D eigenvalue weighted by atomic mass is 35.5. The molecule has 1 aromatic heterocycles. The number of pyridine rings is 1. The van der Waals surface area contributed by atoms with Crippen molar-refractivity contribution in [3.63, 3.8) is 0 Å². The fourth-order valence-corrected chi connectivity index (χ4v) is 5.58. The van der Waals surface area contributed by atoms with E-state index in [4.69, 9.17) is 4.74 Å². The number of sulfonamides is 1. The van der Waals surface area contributed by atoms with Crippen LogP contribution in [-0.2, 0) is 20.9 Å². The maximum Gasteiger partial charge on any atom is 0.416 e. The predicted molar refractivity (Wildman–Crippen MR) is 125 cm³/mol. The van der Waals surface area contributed by atoms with Crippen molar-refractivity contribution in [2.45, 2.75) is 24.0 Å². The highest BCUT2D eigenvalue weighted by Gasteiger charge is 2.36. The highest BCUT2D eigenvalue weighted by Crippen LogP contribution is 2.30.